The largest absolute Gasteiger partial charge is 0.493 e. The average Bonchev–Trinajstić information content (AvgIpc) is 2.53. The fourth-order valence-electron chi connectivity index (χ4n) is 2.41. The molecule has 0 aliphatic carbocycles. The van der Waals surface area contributed by atoms with E-state index in [0.717, 1.165) is 39.1 Å². The highest BCUT2D eigenvalue weighted by molar-refractivity contribution is 5.92. The first-order valence-corrected chi connectivity index (χ1v) is 7.41. The first kappa shape index (κ1) is 15.8. The van der Waals surface area contributed by atoms with Crippen molar-refractivity contribution in [1.29, 1.82) is 0 Å². The molecular formula is C16H24N2O3. The monoisotopic (exact) mass is 292 g/mol. The van der Waals surface area contributed by atoms with E-state index in [0.29, 0.717) is 17.9 Å². The molecule has 21 heavy (non-hydrogen) atoms. The van der Waals surface area contributed by atoms with Gasteiger partial charge >= 0.3 is 5.97 Å². The standard InChI is InChI=1S/C16H24N2O3/c1-17-9-11-18(12-10-17)8-5-13-21-15-7-4-3-6-14(15)16(19)20-2/h3-4,6-7H,5,8-13H2,1-2H3. The molecule has 0 spiro atoms. The minimum atomic E-state index is -0.357. The first-order chi connectivity index (χ1) is 10.2. The fraction of sp³-hybridized carbons (Fsp3) is 0.562. The number of benzene rings is 1. The van der Waals surface area contributed by atoms with Gasteiger partial charge in [-0.1, -0.05) is 12.1 Å². The van der Waals surface area contributed by atoms with Gasteiger partial charge in [-0.2, -0.15) is 0 Å². The van der Waals surface area contributed by atoms with Gasteiger partial charge in [-0.25, -0.2) is 4.79 Å². The second kappa shape index (κ2) is 8.00. The van der Waals surface area contributed by atoms with E-state index in [4.69, 9.17) is 9.47 Å². The Balaban J connectivity index is 1.75. The van der Waals surface area contributed by atoms with Crippen molar-refractivity contribution in [2.24, 2.45) is 0 Å². The van der Waals surface area contributed by atoms with Crippen LogP contribution < -0.4 is 4.74 Å². The Bertz CT molecular complexity index is 457. The van der Waals surface area contributed by atoms with E-state index >= 15 is 0 Å². The Morgan fingerprint density at radius 2 is 1.90 bits per heavy atom. The van der Waals surface area contributed by atoms with Crippen molar-refractivity contribution < 1.29 is 14.3 Å². The summed E-state index contributed by atoms with van der Waals surface area (Å²) in [6.45, 7) is 6.15. The van der Waals surface area contributed by atoms with Crippen LogP contribution in [0.4, 0.5) is 0 Å². The maximum absolute atomic E-state index is 11.6. The lowest BCUT2D eigenvalue weighted by atomic mass is 10.2. The molecule has 0 bridgehead atoms. The molecule has 2 rings (SSSR count). The van der Waals surface area contributed by atoms with Gasteiger partial charge in [-0.15, -0.1) is 0 Å². The minimum absolute atomic E-state index is 0.357. The van der Waals surface area contributed by atoms with E-state index in [1.807, 2.05) is 18.2 Å². The number of hydrogen-bond acceptors (Lipinski definition) is 5. The number of likely N-dealkylation sites (N-methyl/N-ethyl adjacent to an activating group) is 1. The summed E-state index contributed by atoms with van der Waals surface area (Å²) in [7, 11) is 3.54. The van der Waals surface area contributed by atoms with Crippen molar-refractivity contribution in [3.63, 3.8) is 0 Å². The predicted octanol–water partition coefficient (Wildman–Crippen LogP) is 1.49. The molecule has 1 aliphatic rings. The summed E-state index contributed by atoms with van der Waals surface area (Å²) < 4.78 is 10.5. The molecular weight excluding hydrogens is 268 g/mol. The molecule has 1 aromatic carbocycles. The molecule has 0 radical (unpaired) electrons. The van der Waals surface area contributed by atoms with E-state index in [9.17, 15) is 4.79 Å². The molecule has 5 nitrogen and oxygen atoms in total. The second-order valence-electron chi connectivity index (χ2n) is 5.33. The minimum Gasteiger partial charge on any atom is -0.493 e. The molecule has 5 heteroatoms. The average molecular weight is 292 g/mol. The summed E-state index contributed by atoms with van der Waals surface area (Å²) in [4.78, 5) is 16.4. The highest BCUT2D eigenvalue weighted by Crippen LogP contribution is 2.18. The van der Waals surface area contributed by atoms with E-state index in [1.165, 1.54) is 7.11 Å². The number of carbonyl (C=O) groups is 1. The summed E-state index contributed by atoms with van der Waals surface area (Å²) in [6.07, 6.45) is 0.958. The Hall–Kier alpha value is -1.59. The number of hydrogen-bond donors (Lipinski definition) is 0. The molecule has 1 saturated heterocycles. The van der Waals surface area contributed by atoms with Gasteiger partial charge in [-0.3, -0.25) is 0 Å². The van der Waals surface area contributed by atoms with Gasteiger partial charge in [0.2, 0.25) is 0 Å². The third-order valence-corrected chi connectivity index (χ3v) is 3.76. The van der Waals surface area contributed by atoms with Gasteiger partial charge in [-0.05, 0) is 25.6 Å². The van der Waals surface area contributed by atoms with Crippen LogP contribution >= 0.6 is 0 Å². The van der Waals surface area contributed by atoms with Gasteiger partial charge in [0.05, 0.1) is 13.7 Å². The molecule has 0 aromatic heterocycles. The topological polar surface area (TPSA) is 42.0 Å². The van der Waals surface area contributed by atoms with Gasteiger partial charge in [0.1, 0.15) is 11.3 Å². The SMILES string of the molecule is COC(=O)c1ccccc1OCCCN1CCN(C)CC1. The summed E-state index contributed by atoms with van der Waals surface area (Å²) in [5, 5.41) is 0. The number of ether oxygens (including phenoxy) is 2. The molecule has 0 amide bonds. The molecule has 0 unspecified atom stereocenters. The van der Waals surface area contributed by atoms with Crippen molar-refractivity contribution in [3.05, 3.63) is 29.8 Å². The van der Waals surface area contributed by atoms with Crippen LogP contribution in [0.1, 0.15) is 16.8 Å². The molecule has 1 fully saturated rings. The van der Waals surface area contributed by atoms with E-state index in [-0.39, 0.29) is 5.97 Å². The Labute approximate surface area is 126 Å². The maximum Gasteiger partial charge on any atom is 0.341 e. The zero-order valence-electron chi connectivity index (χ0n) is 12.9. The lowest BCUT2D eigenvalue weighted by Gasteiger charge is -2.32. The number of carbonyl (C=O) groups excluding carboxylic acids is 1. The number of piperazine rings is 1. The molecule has 116 valence electrons. The second-order valence-corrected chi connectivity index (χ2v) is 5.33. The summed E-state index contributed by atoms with van der Waals surface area (Å²) in [5.74, 6) is 0.243. The smallest absolute Gasteiger partial charge is 0.341 e. The van der Waals surface area contributed by atoms with Crippen LogP contribution in [0, 0.1) is 0 Å². The zero-order chi connectivity index (χ0) is 15.1. The molecule has 0 N–H and O–H groups in total. The summed E-state index contributed by atoms with van der Waals surface area (Å²) in [6, 6.07) is 7.20. The Morgan fingerprint density at radius 1 is 1.19 bits per heavy atom. The van der Waals surface area contributed by atoms with Gasteiger partial charge < -0.3 is 19.3 Å². The van der Waals surface area contributed by atoms with E-state index in [2.05, 4.69) is 16.8 Å². The third-order valence-electron chi connectivity index (χ3n) is 3.76. The first-order valence-electron chi connectivity index (χ1n) is 7.41. The number of esters is 1. The molecule has 1 heterocycles. The van der Waals surface area contributed by atoms with Crippen LogP contribution in [0.25, 0.3) is 0 Å². The van der Waals surface area contributed by atoms with Crippen molar-refractivity contribution in [1.82, 2.24) is 9.80 Å². The lowest BCUT2D eigenvalue weighted by Crippen LogP contribution is -2.44. The van der Waals surface area contributed by atoms with Crippen molar-refractivity contribution in [2.45, 2.75) is 6.42 Å². The van der Waals surface area contributed by atoms with Gasteiger partial charge in [0.25, 0.3) is 0 Å². The van der Waals surface area contributed by atoms with Crippen molar-refractivity contribution in [3.8, 4) is 5.75 Å². The van der Waals surface area contributed by atoms with E-state index < -0.39 is 0 Å². The normalized spacial score (nSPS) is 16.7. The summed E-state index contributed by atoms with van der Waals surface area (Å²) in [5.41, 5.74) is 0.486. The molecule has 0 saturated carbocycles. The number of rotatable bonds is 6. The number of methoxy groups -OCH3 is 1. The molecule has 1 aliphatic heterocycles. The summed E-state index contributed by atoms with van der Waals surface area (Å²) >= 11 is 0. The van der Waals surface area contributed by atoms with Crippen LogP contribution in [0.3, 0.4) is 0 Å². The Kier molecular flexibility index (Phi) is 6.02. The fourth-order valence-corrected chi connectivity index (χ4v) is 2.41. The van der Waals surface area contributed by atoms with Crippen LogP contribution in [0.2, 0.25) is 0 Å². The zero-order valence-corrected chi connectivity index (χ0v) is 12.9. The maximum atomic E-state index is 11.6. The van der Waals surface area contributed by atoms with Gasteiger partial charge in [0, 0.05) is 32.7 Å². The number of para-hydroxylation sites is 1. The van der Waals surface area contributed by atoms with Gasteiger partial charge in [0.15, 0.2) is 0 Å². The predicted molar refractivity (Wildman–Crippen MR) is 81.8 cm³/mol. The number of nitrogens with zero attached hydrogens (tertiary/aromatic N) is 2. The van der Waals surface area contributed by atoms with Crippen molar-refractivity contribution in [2.75, 3.05) is 53.5 Å². The molecule has 0 atom stereocenters. The van der Waals surface area contributed by atoms with Crippen LogP contribution in [0.5, 0.6) is 5.75 Å². The highest BCUT2D eigenvalue weighted by atomic mass is 16.5. The van der Waals surface area contributed by atoms with Crippen molar-refractivity contribution >= 4 is 5.97 Å². The van der Waals surface area contributed by atoms with Crippen LogP contribution in [-0.2, 0) is 4.74 Å². The third kappa shape index (κ3) is 4.72. The highest BCUT2D eigenvalue weighted by Gasteiger charge is 2.14. The lowest BCUT2D eigenvalue weighted by molar-refractivity contribution is 0.0595. The Morgan fingerprint density at radius 3 is 2.62 bits per heavy atom. The van der Waals surface area contributed by atoms with Crippen LogP contribution in [-0.4, -0.2) is 69.3 Å². The molecule has 1 aromatic rings. The van der Waals surface area contributed by atoms with E-state index in [1.54, 1.807) is 6.07 Å². The van der Waals surface area contributed by atoms with Crippen LogP contribution in [0.15, 0.2) is 24.3 Å². The quantitative estimate of drug-likeness (QED) is 0.587.